The van der Waals surface area contributed by atoms with Crippen molar-refractivity contribution >= 4 is 11.6 Å². The first kappa shape index (κ1) is 13.8. The molecular weight excluding hydrogens is 258 g/mol. The standard InChI is InChI=1S/C14H17ClF2O/c1-13(2)7-3-4-8-14(13,18)11-9(15)5-6-10(16)12(11)17/h5-6,18H,3-4,7-8H2,1-2H3. The van der Waals surface area contributed by atoms with Gasteiger partial charge in [0, 0.05) is 10.6 Å². The molecule has 1 aromatic rings. The number of hydrogen-bond acceptors (Lipinski definition) is 1. The zero-order valence-corrected chi connectivity index (χ0v) is 11.3. The summed E-state index contributed by atoms with van der Waals surface area (Å²) in [6, 6.07) is 2.29. The number of aliphatic hydroxyl groups is 1. The molecule has 1 aromatic carbocycles. The van der Waals surface area contributed by atoms with E-state index in [9.17, 15) is 13.9 Å². The van der Waals surface area contributed by atoms with Crippen molar-refractivity contribution < 1.29 is 13.9 Å². The highest BCUT2D eigenvalue weighted by Crippen LogP contribution is 2.52. The third kappa shape index (κ3) is 1.94. The highest BCUT2D eigenvalue weighted by molar-refractivity contribution is 6.31. The second-order valence-electron chi connectivity index (χ2n) is 5.67. The smallest absolute Gasteiger partial charge is 0.166 e. The molecule has 1 N–H and O–H groups in total. The van der Waals surface area contributed by atoms with E-state index < -0.39 is 22.7 Å². The summed E-state index contributed by atoms with van der Waals surface area (Å²) in [7, 11) is 0. The van der Waals surface area contributed by atoms with Crippen LogP contribution in [0, 0.1) is 17.0 Å². The van der Waals surface area contributed by atoms with Gasteiger partial charge in [0.2, 0.25) is 0 Å². The Bertz CT molecular complexity index is 473. The van der Waals surface area contributed by atoms with Gasteiger partial charge in [-0.1, -0.05) is 38.3 Å². The fraction of sp³-hybridized carbons (Fsp3) is 0.571. The van der Waals surface area contributed by atoms with Gasteiger partial charge in [0.25, 0.3) is 0 Å². The SMILES string of the molecule is CC1(C)CCCCC1(O)c1c(Cl)ccc(F)c1F. The Morgan fingerprint density at radius 1 is 1.17 bits per heavy atom. The molecule has 0 saturated heterocycles. The Morgan fingerprint density at radius 3 is 2.39 bits per heavy atom. The summed E-state index contributed by atoms with van der Waals surface area (Å²) in [5, 5.41) is 11.0. The normalized spacial score (nSPS) is 27.2. The van der Waals surface area contributed by atoms with Crippen molar-refractivity contribution in [2.75, 3.05) is 0 Å². The van der Waals surface area contributed by atoms with Gasteiger partial charge >= 0.3 is 0 Å². The maximum absolute atomic E-state index is 14.0. The third-order valence-corrected chi connectivity index (χ3v) is 4.48. The highest BCUT2D eigenvalue weighted by Gasteiger charge is 2.49. The topological polar surface area (TPSA) is 20.2 Å². The first-order chi connectivity index (χ1) is 8.29. The fourth-order valence-corrected chi connectivity index (χ4v) is 3.16. The van der Waals surface area contributed by atoms with Crippen molar-refractivity contribution in [1.82, 2.24) is 0 Å². The molecule has 0 spiro atoms. The van der Waals surface area contributed by atoms with E-state index in [1.54, 1.807) is 0 Å². The van der Waals surface area contributed by atoms with Gasteiger partial charge in [-0.15, -0.1) is 0 Å². The second-order valence-corrected chi connectivity index (χ2v) is 6.08. The van der Waals surface area contributed by atoms with Crippen LogP contribution in [0.5, 0.6) is 0 Å². The summed E-state index contributed by atoms with van der Waals surface area (Å²) >= 11 is 5.99. The first-order valence-corrected chi connectivity index (χ1v) is 6.54. The lowest BCUT2D eigenvalue weighted by Crippen LogP contribution is -2.45. The molecule has 1 aliphatic carbocycles. The van der Waals surface area contributed by atoms with Crippen molar-refractivity contribution in [3.8, 4) is 0 Å². The van der Waals surface area contributed by atoms with Crippen molar-refractivity contribution in [2.24, 2.45) is 5.41 Å². The summed E-state index contributed by atoms with van der Waals surface area (Å²) in [6.07, 6.45) is 2.92. The van der Waals surface area contributed by atoms with E-state index in [1.807, 2.05) is 13.8 Å². The molecule has 0 aromatic heterocycles. The highest BCUT2D eigenvalue weighted by atomic mass is 35.5. The Balaban J connectivity index is 2.63. The molecular formula is C14H17ClF2O. The number of rotatable bonds is 1. The molecule has 1 atom stereocenters. The minimum atomic E-state index is -1.41. The maximum atomic E-state index is 14.0. The molecule has 0 bridgehead atoms. The summed E-state index contributed by atoms with van der Waals surface area (Å²) in [5.74, 6) is -2.00. The van der Waals surface area contributed by atoms with E-state index in [4.69, 9.17) is 11.6 Å². The summed E-state index contributed by atoms with van der Waals surface area (Å²) < 4.78 is 27.4. The van der Waals surface area contributed by atoms with E-state index in [-0.39, 0.29) is 10.6 Å². The van der Waals surface area contributed by atoms with Crippen LogP contribution < -0.4 is 0 Å². The lowest BCUT2D eigenvalue weighted by molar-refractivity contribution is -0.106. The molecule has 0 heterocycles. The number of hydrogen-bond donors (Lipinski definition) is 1. The van der Waals surface area contributed by atoms with Crippen LogP contribution in [0.15, 0.2) is 12.1 Å². The first-order valence-electron chi connectivity index (χ1n) is 6.16. The molecule has 1 saturated carbocycles. The fourth-order valence-electron chi connectivity index (χ4n) is 2.86. The molecule has 100 valence electrons. The van der Waals surface area contributed by atoms with E-state index in [0.717, 1.165) is 25.3 Å². The van der Waals surface area contributed by atoms with Crippen LogP contribution in [0.2, 0.25) is 5.02 Å². The molecule has 0 radical (unpaired) electrons. The van der Waals surface area contributed by atoms with Gasteiger partial charge in [-0.05, 0) is 30.4 Å². The predicted molar refractivity (Wildman–Crippen MR) is 67.5 cm³/mol. The van der Waals surface area contributed by atoms with Crippen LogP contribution in [-0.4, -0.2) is 5.11 Å². The predicted octanol–water partition coefficient (Wildman–Crippen LogP) is 4.41. The molecule has 1 fully saturated rings. The Morgan fingerprint density at radius 2 is 1.78 bits per heavy atom. The van der Waals surface area contributed by atoms with Crippen LogP contribution in [0.3, 0.4) is 0 Å². The lowest BCUT2D eigenvalue weighted by Gasteiger charge is -2.47. The average molecular weight is 275 g/mol. The molecule has 2 rings (SSSR count). The average Bonchev–Trinajstić information content (AvgIpc) is 2.28. The van der Waals surface area contributed by atoms with Crippen LogP contribution in [-0.2, 0) is 5.60 Å². The minimum Gasteiger partial charge on any atom is -0.384 e. The summed E-state index contributed by atoms with van der Waals surface area (Å²) in [4.78, 5) is 0. The Kier molecular flexibility index (Phi) is 3.41. The summed E-state index contributed by atoms with van der Waals surface area (Å²) in [5.41, 5.74) is -2.02. The molecule has 18 heavy (non-hydrogen) atoms. The van der Waals surface area contributed by atoms with Gasteiger partial charge in [-0.3, -0.25) is 0 Å². The largest absolute Gasteiger partial charge is 0.384 e. The van der Waals surface area contributed by atoms with Gasteiger partial charge in [0.1, 0.15) is 0 Å². The van der Waals surface area contributed by atoms with Crippen LogP contribution >= 0.6 is 11.6 Å². The monoisotopic (exact) mass is 274 g/mol. The van der Waals surface area contributed by atoms with Crippen molar-refractivity contribution in [1.29, 1.82) is 0 Å². The van der Waals surface area contributed by atoms with E-state index in [0.29, 0.717) is 6.42 Å². The number of halogens is 3. The van der Waals surface area contributed by atoms with Crippen LogP contribution in [0.1, 0.15) is 45.1 Å². The van der Waals surface area contributed by atoms with Gasteiger partial charge in [0.15, 0.2) is 11.6 Å². The lowest BCUT2D eigenvalue weighted by atomic mass is 9.62. The van der Waals surface area contributed by atoms with Crippen molar-refractivity contribution in [2.45, 2.75) is 45.1 Å². The Labute approximate surface area is 111 Å². The van der Waals surface area contributed by atoms with E-state index in [2.05, 4.69) is 0 Å². The Hall–Kier alpha value is -0.670. The molecule has 0 amide bonds. The zero-order chi connectivity index (χ0) is 13.6. The molecule has 1 unspecified atom stereocenters. The third-order valence-electron chi connectivity index (χ3n) is 4.17. The molecule has 1 aliphatic rings. The maximum Gasteiger partial charge on any atom is 0.166 e. The van der Waals surface area contributed by atoms with Gasteiger partial charge in [-0.2, -0.15) is 0 Å². The van der Waals surface area contributed by atoms with Crippen molar-refractivity contribution in [3.63, 3.8) is 0 Å². The van der Waals surface area contributed by atoms with E-state index in [1.165, 1.54) is 6.07 Å². The summed E-state index contributed by atoms with van der Waals surface area (Å²) in [6.45, 7) is 3.74. The van der Waals surface area contributed by atoms with Gasteiger partial charge < -0.3 is 5.11 Å². The van der Waals surface area contributed by atoms with Crippen molar-refractivity contribution in [3.05, 3.63) is 34.4 Å². The minimum absolute atomic E-state index is 0.0890. The second kappa shape index (κ2) is 4.46. The van der Waals surface area contributed by atoms with Crippen LogP contribution in [0.25, 0.3) is 0 Å². The molecule has 0 aliphatic heterocycles. The quantitative estimate of drug-likeness (QED) is 0.752. The van der Waals surface area contributed by atoms with Gasteiger partial charge in [0.05, 0.1) is 5.60 Å². The van der Waals surface area contributed by atoms with Crippen LogP contribution in [0.4, 0.5) is 8.78 Å². The molecule has 4 heteroatoms. The zero-order valence-electron chi connectivity index (χ0n) is 10.6. The van der Waals surface area contributed by atoms with E-state index >= 15 is 0 Å². The molecule has 1 nitrogen and oxygen atoms in total. The number of benzene rings is 1. The van der Waals surface area contributed by atoms with Gasteiger partial charge in [-0.25, -0.2) is 8.78 Å².